The van der Waals surface area contributed by atoms with Gasteiger partial charge in [0.25, 0.3) is 5.91 Å². The molecule has 5 heteroatoms. The Morgan fingerprint density at radius 1 is 1.23 bits per heavy atom. The van der Waals surface area contributed by atoms with Gasteiger partial charge in [-0.15, -0.1) is 0 Å². The maximum absolute atomic E-state index is 12.0. The summed E-state index contributed by atoms with van der Waals surface area (Å²) in [5, 5.41) is 6.05. The van der Waals surface area contributed by atoms with Gasteiger partial charge >= 0.3 is 0 Å². The molecule has 1 unspecified atom stereocenters. The van der Waals surface area contributed by atoms with Gasteiger partial charge < -0.3 is 10.6 Å². The van der Waals surface area contributed by atoms with Crippen LogP contribution in [0.1, 0.15) is 36.3 Å². The van der Waals surface area contributed by atoms with Crippen molar-refractivity contribution in [1.29, 1.82) is 0 Å². The van der Waals surface area contributed by atoms with E-state index in [1.807, 2.05) is 32.0 Å². The van der Waals surface area contributed by atoms with Gasteiger partial charge in [-0.25, -0.2) is 9.97 Å². The lowest BCUT2D eigenvalue weighted by molar-refractivity contribution is 0.0934. The van der Waals surface area contributed by atoms with E-state index >= 15 is 0 Å². The number of amides is 1. The summed E-state index contributed by atoms with van der Waals surface area (Å²) in [5.74, 6) is 0.315. The van der Waals surface area contributed by atoms with Gasteiger partial charge in [0, 0.05) is 18.8 Å². The van der Waals surface area contributed by atoms with Gasteiger partial charge in [-0.3, -0.25) is 4.79 Å². The molecular weight excluding hydrogens is 276 g/mol. The van der Waals surface area contributed by atoms with E-state index in [0.29, 0.717) is 11.6 Å². The van der Waals surface area contributed by atoms with E-state index in [1.54, 1.807) is 12.3 Å². The highest BCUT2D eigenvalue weighted by molar-refractivity contribution is 5.92. The number of rotatable bonds is 7. The second kappa shape index (κ2) is 8.12. The van der Waals surface area contributed by atoms with Crippen LogP contribution in [0.4, 0.5) is 5.95 Å². The Balaban J connectivity index is 1.89. The maximum Gasteiger partial charge on any atom is 0.270 e. The first-order valence-corrected chi connectivity index (χ1v) is 7.60. The Kier molecular flexibility index (Phi) is 5.89. The topological polar surface area (TPSA) is 66.9 Å². The average molecular weight is 298 g/mol. The maximum atomic E-state index is 12.0. The molecule has 2 rings (SSSR count). The molecule has 2 aromatic rings. The van der Waals surface area contributed by atoms with Crippen LogP contribution in [0.5, 0.6) is 0 Å². The smallest absolute Gasteiger partial charge is 0.270 e. The highest BCUT2D eigenvalue weighted by atomic mass is 16.1. The number of carbonyl (C=O) groups excluding carboxylic acids is 1. The van der Waals surface area contributed by atoms with Gasteiger partial charge in [-0.2, -0.15) is 0 Å². The lowest BCUT2D eigenvalue weighted by atomic mass is 10.1. The van der Waals surface area contributed by atoms with Crippen LogP contribution in [0.3, 0.4) is 0 Å². The number of carbonyl (C=O) groups is 1. The van der Waals surface area contributed by atoms with Crippen molar-refractivity contribution in [2.24, 2.45) is 0 Å². The molecule has 116 valence electrons. The second-order valence-electron chi connectivity index (χ2n) is 5.21. The van der Waals surface area contributed by atoms with Gasteiger partial charge in [-0.05, 0) is 31.4 Å². The number of hydrogen-bond donors (Lipinski definition) is 2. The van der Waals surface area contributed by atoms with Crippen LogP contribution in [0.25, 0.3) is 0 Å². The summed E-state index contributed by atoms with van der Waals surface area (Å²) >= 11 is 0. The van der Waals surface area contributed by atoms with Crippen molar-refractivity contribution in [3.8, 4) is 0 Å². The quantitative estimate of drug-likeness (QED) is 0.824. The highest BCUT2D eigenvalue weighted by Crippen LogP contribution is 2.04. The molecule has 0 radical (unpaired) electrons. The van der Waals surface area contributed by atoms with Crippen molar-refractivity contribution in [1.82, 2.24) is 15.3 Å². The third-order valence-electron chi connectivity index (χ3n) is 3.42. The number of anilines is 1. The summed E-state index contributed by atoms with van der Waals surface area (Å²) in [6.45, 7) is 4.72. The summed E-state index contributed by atoms with van der Waals surface area (Å²) in [5.41, 5.74) is 1.64. The lowest BCUT2D eigenvalue weighted by Crippen LogP contribution is -2.32. The second-order valence-corrected chi connectivity index (χ2v) is 5.21. The molecule has 1 heterocycles. The minimum atomic E-state index is -0.164. The normalized spacial score (nSPS) is 11.7. The zero-order chi connectivity index (χ0) is 15.8. The number of nitrogens with one attached hydrogen (secondary N) is 2. The molecule has 1 atom stereocenters. The zero-order valence-corrected chi connectivity index (χ0v) is 13.0. The molecule has 0 aliphatic carbocycles. The van der Waals surface area contributed by atoms with Crippen LogP contribution in [-0.4, -0.2) is 28.5 Å². The van der Waals surface area contributed by atoms with Crippen molar-refractivity contribution in [3.05, 3.63) is 53.9 Å². The highest BCUT2D eigenvalue weighted by Gasteiger charge is 2.10. The Labute approximate surface area is 131 Å². The molecule has 0 aliphatic rings. The van der Waals surface area contributed by atoms with Crippen LogP contribution in [-0.2, 0) is 6.42 Å². The molecule has 0 fully saturated rings. The molecule has 1 aromatic carbocycles. The third-order valence-corrected chi connectivity index (χ3v) is 3.42. The summed E-state index contributed by atoms with van der Waals surface area (Å²) in [6.07, 6.45) is 3.37. The number of aromatic nitrogens is 2. The van der Waals surface area contributed by atoms with Crippen molar-refractivity contribution in [2.75, 3.05) is 11.9 Å². The molecular formula is C17H22N4O. The Morgan fingerprint density at radius 3 is 2.73 bits per heavy atom. The average Bonchev–Trinajstić information content (AvgIpc) is 2.56. The lowest BCUT2D eigenvalue weighted by Gasteiger charge is -2.11. The standard InChI is InChI=1S/C17H22N4O/c1-3-13(2)20-16(22)15-10-12-19-17(21-15)18-11-9-14-7-5-4-6-8-14/h4-8,10,12-13H,3,9,11H2,1-2H3,(H,20,22)(H,18,19,21). The van der Waals surface area contributed by atoms with Crippen molar-refractivity contribution in [2.45, 2.75) is 32.7 Å². The van der Waals surface area contributed by atoms with Crippen LogP contribution >= 0.6 is 0 Å². The fourth-order valence-corrected chi connectivity index (χ4v) is 1.93. The van der Waals surface area contributed by atoms with E-state index in [0.717, 1.165) is 19.4 Å². The number of hydrogen-bond acceptors (Lipinski definition) is 4. The summed E-state index contributed by atoms with van der Waals surface area (Å²) in [4.78, 5) is 20.4. The van der Waals surface area contributed by atoms with Gasteiger partial charge in [-0.1, -0.05) is 37.3 Å². The Morgan fingerprint density at radius 2 is 2.00 bits per heavy atom. The third kappa shape index (κ3) is 4.84. The largest absolute Gasteiger partial charge is 0.354 e. The van der Waals surface area contributed by atoms with E-state index in [-0.39, 0.29) is 11.9 Å². The first-order chi connectivity index (χ1) is 10.7. The Bertz CT molecular complexity index is 601. The summed E-state index contributed by atoms with van der Waals surface area (Å²) < 4.78 is 0. The van der Waals surface area contributed by atoms with Crippen LogP contribution in [0, 0.1) is 0 Å². The van der Waals surface area contributed by atoms with E-state index in [2.05, 4.69) is 32.7 Å². The predicted octanol–water partition coefficient (Wildman–Crippen LogP) is 2.66. The molecule has 22 heavy (non-hydrogen) atoms. The molecule has 0 aliphatic heterocycles. The van der Waals surface area contributed by atoms with E-state index in [9.17, 15) is 4.79 Å². The molecule has 0 saturated carbocycles. The number of nitrogens with zero attached hydrogens (tertiary/aromatic N) is 2. The first kappa shape index (κ1) is 15.9. The van der Waals surface area contributed by atoms with Crippen molar-refractivity contribution >= 4 is 11.9 Å². The SMILES string of the molecule is CCC(C)NC(=O)c1ccnc(NCCc2ccccc2)n1. The molecule has 1 amide bonds. The molecule has 2 N–H and O–H groups in total. The van der Waals surface area contributed by atoms with E-state index in [1.165, 1.54) is 5.56 Å². The minimum Gasteiger partial charge on any atom is -0.354 e. The fraction of sp³-hybridized carbons (Fsp3) is 0.353. The van der Waals surface area contributed by atoms with Crippen molar-refractivity contribution in [3.63, 3.8) is 0 Å². The molecule has 1 aromatic heterocycles. The molecule has 0 spiro atoms. The van der Waals surface area contributed by atoms with Crippen LogP contribution in [0.2, 0.25) is 0 Å². The minimum absolute atomic E-state index is 0.136. The number of benzene rings is 1. The van der Waals surface area contributed by atoms with Crippen LogP contribution in [0.15, 0.2) is 42.6 Å². The van der Waals surface area contributed by atoms with Crippen LogP contribution < -0.4 is 10.6 Å². The Hall–Kier alpha value is -2.43. The zero-order valence-electron chi connectivity index (χ0n) is 13.0. The van der Waals surface area contributed by atoms with E-state index in [4.69, 9.17) is 0 Å². The molecule has 0 bridgehead atoms. The molecule has 5 nitrogen and oxygen atoms in total. The van der Waals surface area contributed by atoms with E-state index < -0.39 is 0 Å². The first-order valence-electron chi connectivity index (χ1n) is 7.60. The van der Waals surface area contributed by atoms with Gasteiger partial charge in [0.2, 0.25) is 5.95 Å². The van der Waals surface area contributed by atoms with Gasteiger partial charge in [0.05, 0.1) is 0 Å². The predicted molar refractivity (Wildman–Crippen MR) is 87.9 cm³/mol. The monoisotopic (exact) mass is 298 g/mol. The fourth-order valence-electron chi connectivity index (χ4n) is 1.93. The molecule has 0 saturated heterocycles. The summed E-state index contributed by atoms with van der Waals surface area (Å²) in [6, 6.07) is 12.0. The van der Waals surface area contributed by atoms with Crippen molar-refractivity contribution < 1.29 is 4.79 Å². The van der Waals surface area contributed by atoms with Gasteiger partial charge in [0.1, 0.15) is 5.69 Å². The van der Waals surface area contributed by atoms with Gasteiger partial charge in [0.15, 0.2) is 0 Å². The summed E-state index contributed by atoms with van der Waals surface area (Å²) in [7, 11) is 0.